The van der Waals surface area contributed by atoms with E-state index in [4.69, 9.17) is 0 Å². The van der Waals surface area contributed by atoms with E-state index in [0.717, 1.165) is 30.7 Å². The number of thiophene rings is 3. The third-order valence-electron chi connectivity index (χ3n) is 5.30. The first-order valence-electron chi connectivity index (χ1n) is 11.5. The number of fused-ring (bicyclic) bond motifs is 3. The van der Waals surface area contributed by atoms with E-state index < -0.39 is 0 Å². The molecule has 0 unspecified atom stereocenters. The fraction of sp³-hybridized carbons (Fsp3) is 0.0323. The highest BCUT2D eigenvalue weighted by atomic mass is 32.1. The molecule has 0 saturated heterocycles. The molecule has 4 aromatic rings. The van der Waals surface area contributed by atoms with Crippen LogP contribution in [0.5, 0.6) is 0 Å². The maximum atomic E-state index is 12.4. The van der Waals surface area contributed by atoms with Crippen LogP contribution in [0.1, 0.15) is 11.8 Å². The summed E-state index contributed by atoms with van der Waals surface area (Å²) in [6.07, 6.45) is 18.2. The quantitative estimate of drug-likeness (QED) is 0.0626. The van der Waals surface area contributed by atoms with Gasteiger partial charge in [-0.15, -0.1) is 34.0 Å². The molecule has 0 bridgehead atoms. The molecule has 0 atom stereocenters. The fourth-order valence-electron chi connectivity index (χ4n) is 3.63. The van der Waals surface area contributed by atoms with Gasteiger partial charge in [-0.3, -0.25) is 9.59 Å². The second-order valence-corrected chi connectivity index (χ2v) is 11.0. The molecule has 3 nitrogen and oxygen atoms in total. The van der Waals surface area contributed by atoms with Crippen LogP contribution in [0.4, 0.5) is 10.7 Å². The van der Waals surface area contributed by atoms with Crippen molar-refractivity contribution in [3.63, 3.8) is 0 Å². The van der Waals surface area contributed by atoms with Gasteiger partial charge < -0.3 is 4.90 Å². The van der Waals surface area contributed by atoms with E-state index in [0.29, 0.717) is 6.29 Å². The largest absolute Gasteiger partial charge is 0.302 e. The number of ketones is 1. The zero-order chi connectivity index (χ0) is 26.2. The predicted molar refractivity (Wildman–Crippen MR) is 164 cm³/mol. The molecular weight excluding hydrogens is 515 g/mol. The molecule has 0 aliphatic carbocycles. The van der Waals surface area contributed by atoms with Crippen molar-refractivity contribution in [1.82, 2.24) is 0 Å². The highest BCUT2D eigenvalue weighted by Gasteiger charge is 2.19. The number of hydrogen-bond donors (Lipinski definition) is 0. The Morgan fingerprint density at radius 1 is 0.919 bits per heavy atom. The second-order valence-electron chi connectivity index (χ2n) is 7.78. The van der Waals surface area contributed by atoms with Gasteiger partial charge in [0.05, 0.1) is 15.0 Å². The lowest BCUT2D eigenvalue weighted by Crippen LogP contribution is -2.13. The maximum absolute atomic E-state index is 12.4. The molecule has 4 rings (SSSR count). The number of anilines is 2. The molecule has 0 aliphatic heterocycles. The van der Waals surface area contributed by atoms with Gasteiger partial charge in [0.25, 0.3) is 0 Å². The Bertz CT molecular complexity index is 1600. The molecule has 0 radical (unpaired) electrons. The monoisotopic (exact) mass is 539 g/mol. The topological polar surface area (TPSA) is 37.4 Å². The van der Waals surface area contributed by atoms with Crippen molar-refractivity contribution in [2.45, 2.75) is 6.92 Å². The van der Waals surface area contributed by atoms with Crippen LogP contribution in [0, 0.1) is 0 Å². The summed E-state index contributed by atoms with van der Waals surface area (Å²) in [5.41, 5.74) is 2.16. The first-order chi connectivity index (χ1) is 18.1. The standard InChI is InChI=1S/C31H25NO2S3/c1-4-7-9-13-17-26(34)22(21-33)18-25-19-27-30(35-25)31-28(36-27)20-29(37-31)32(23(6-3)14-8-5-2)24-15-11-10-12-16-24/h4-21H,1,3H2,2H3/b8-5-,9-7-,17-13+,22-18-,23-14+. The number of allylic oxidation sites excluding steroid dienone is 10. The Morgan fingerprint density at radius 3 is 2.38 bits per heavy atom. The summed E-state index contributed by atoms with van der Waals surface area (Å²) >= 11 is 5.03. The van der Waals surface area contributed by atoms with Gasteiger partial charge in [-0.1, -0.05) is 67.8 Å². The van der Waals surface area contributed by atoms with Crippen LogP contribution in [-0.2, 0) is 9.59 Å². The van der Waals surface area contributed by atoms with E-state index in [9.17, 15) is 9.59 Å². The first kappa shape index (κ1) is 26.2. The summed E-state index contributed by atoms with van der Waals surface area (Å²) in [7, 11) is 0. The average Bonchev–Trinajstić information content (AvgIpc) is 3.58. The van der Waals surface area contributed by atoms with Gasteiger partial charge in [0, 0.05) is 25.7 Å². The van der Waals surface area contributed by atoms with Crippen molar-refractivity contribution >= 4 is 81.6 Å². The van der Waals surface area contributed by atoms with Crippen LogP contribution in [-0.4, -0.2) is 12.1 Å². The SMILES string of the molecule is C=C/C=C\C=C\C(=O)/C(C=O)=C\c1cc2sc3cc(N(/C(C=C)=C/C=C\C)c4ccccc4)sc3c2s1. The first-order valence-corrected chi connectivity index (χ1v) is 14.0. The number of aldehydes is 1. The van der Waals surface area contributed by atoms with Crippen LogP contribution < -0.4 is 4.90 Å². The van der Waals surface area contributed by atoms with Crippen LogP contribution in [0.15, 0.2) is 122 Å². The van der Waals surface area contributed by atoms with E-state index in [-0.39, 0.29) is 11.4 Å². The maximum Gasteiger partial charge on any atom is 0.189 e. The minimum atomic E-state index is -0.326. The summed E-state index contributed by atoms with van der Waals surface area (Å²) in [5.74, 6) is -0.326. The molecule has 3 aromatic heterocycles. The summed E-state index contributed by atoms with van der Waals surface area (Å²) in [4.78, 5) is 27.1. The molecule has 0 aliphatic rings. The van der Waals surface area contributed by atoms with Crippen LogP contribution >= 0.6 is 34.0 Å². The molecule has 184 valence electrons. The van der Waals surface area contributed by atoms with Gasteiger partial charge in [0.1, 0.15) is 5.00 Å². The Balaban J connectivity index is 1.74. The zero-order valence-electron chi connectivity index (χ0n) is 20.3. The molecular formula is C31H25NO2S3. The molecule has 0 saturated carbocycles. The molecule has 0 amide bonds. The molecule has 1 aromatic carbocycles. The Hall–Kier alpha value is -3.84. The van der Waals surface area contributed by atoms with E-state index in [1.165, 1.54) is 15.5 Å². The molecule has 0 spiro atoms. The van der Waals surface area contributed by atoms with Crippen molar-refractivity contribution < 1.29 is 9.59 Å². The van der Waals surface area contributed by atoms with Crippen molar-refractivity contribution in [3.05, 3.63) is 126 Å². The highest BCUT2D eigenvalue weighted by molar-refractivity contribution is 7.39. The van der Waals surface area contributed by atoms with Crippen molar-refractivity contribution in [2.75, 3.05) is 4.90 Å². The highest BCUT2D eigenvalue weighted by Crippen LogP contribution is 2.48. The van der Waals surface area contributed by atoms with Crippen molar-refractivity contribution in [1.29, 1.82) is 0 Å². The van der Waals surface area contributed by atoms with E-state index >= 15 is 0 Å². The normalized spacial score (nSPS) is 12.9. The van der Waals surface area contributed by atoms with Gasteiger partial charge in [-0.05, 0) is 55.5 Å². The van der Waals surface area contributed by atoms with Gasteiger partial charge >= 0.3 is 0 Å². The number of rotatable bonds is 11. The number of carbonyl (C=O) groups excluding carboxylic acids is 2. The summed E-state index contributed by atoms with van der Waals surface area (Å²) in [5, 5.41) is 1.09. The molecule has 37 heavy (non-hydrogen) atoms. The van der Waals surface area contributed by atoms with Crippen LogP contribution in [0.25, 0.3) is 24.9 Å². The minimum absolute atomic E-state index is 0.125. The van der Waals surface area contributed by atoms with Gasteiger partial charge in [0.15, 0.2) is 12.1 Å². The average molecular weight is 540 g/mol. The zero-order valence-corrected chi connectivity index (χ0v) is 22.7. The predicted octanol–water partition coefficient (Wildman–Crippen LogP) is 9.41. The minimum Gasteiger partial charge on any atom is -0.302 e. The third kappa shape index (κ3) is 5.94. The number of hydrogen-bond acceptors (Lipinski definition) is 6. The second kappa shape index (κ2) is 12.4. The van der Waals surface area contributed by atoms with Gasteiger partial charge in [-0.2, -0.15) is 0 Å². The Labute approximate surface area is 228 Å². The van der Waals surface area contributed by atoms with Crippen molar-refractivity contribution in [3.8, 4) is 0 Å². The van der Waals surface area contributed by atoms with E-state index in [1.54, 1.807) is 64.4 Å². The Kier molecular flexibility index (Phi) is 8.80. The number of benzene rings is 1. The molecule has 0 N–H and O–H groups in total. The molecule has 0 fully saturated rings. The molecule has 6 heteroatoms. The number of nitrogens with zero attached hydrogens (tertiary/aromatic N) is 1. The molecule has 3 heterocycles. The van der Waals surface area contributed by atoms with E-state index in [1.807, 2.05) is 49.4 Å². The summed E-state index contributed by atoms with van der Waals surface area (Å²) < 4.78 is 4.71. The number of carbonyl (C=O) groups is 2. The number of para-hydroxylation sites is 1. The lowest BCUT2D eigenvalue weighted by Gasteiger charge is -2.24. The van der Waals surface area contributed by atoms with Crippen LogP contribution in [0.3, 0.4) is 0 Å². The Morgan fingerprint density at radius 2 is 1.68 bits per heavy atom. The van der Waals surface area contributed by atoms with E-state index in [2.05, 4.69) is 42.3 Å². The summed E-state index contributed by atoms with van der Waals surface area (Å²) in [6, 6.07) is 14.5. The third-order valence-corrected chi connectivity index (χ3v) is 9.01. The van der Waals surface area contributed by atoms with Gasteiger partial charge in [0.2, 0.25) is 0 Å². The summed E-state index contributed by atoms with van der Waals surface area (Å²) in [6.45, 7) is 9.63. The van der Waals surface area contributed by atoms with Gasteiger partial charge in [-0.25, -0.2) is 0 Å². The fourth-order valence-corrected chi connectivity index (χ4v) is 7.65. The van der Waals surface area contributed by atoms with Crippen molar-refractivity contribution in [2.24, 2.45) is 0 Å². The smallest absolute Gasteiger partial charge is 0.189 e. The lowest BCUT2D eigenvalue weighted by atomic mass is 10.1. The lowest BCUT2D eigenvalue weighted by molar-refractivity contribution is -0.114. The van der Waals surface area contributed by atoms with Crippen LogP contribution in [0.2, 0.25) is 0 Å².